The van der Waals surface area contributed by atoms with E-state index in [0.29, 0.717) is 6.54 Å². The molecule has 0 fully saturated rings. The molecule has 0 spiro atoms. The van der Waals surface area contributed by atoms with Gasteiger partial charge in [0.25, 0.3) is 0 Å². The summed E-state index contributed by atoms with van der Waals surface area (Å²) in [6, 6.07) is 0. The standard InChI is InChI=1S/C11H19N3O2/c1-9-12-5-6-14(9)8-7-13(4)11(2,3)10(15)16/h5-6H,7-8H2,1-4H3,(H,15,16). The summed E-state index contributed by atoms with van der Waals surface area (Å²) in [5.74, 6) is 0.138. The van der Waals surface area contributed by atoms with Gasteiger partial charge in [0, 0.05) is 25.5 Å². The Balaban J connectivity index is 2.56. The van der Waals surface area contributed by atoms with E-state index in [9.17, 15) is 4.79 Å². The first kappa shape index (κ1) is 12.7. The SMILES string of the molecule is Cc1nccn1CCN(C)C(C)(C)C(=O)O. The molecule has 0 bridgehead atoms. The van der Waals surface area contributed by atoms with Gasteiger partial charge in [-0.3, -0.25) is 9.69 Å². The average Bonchev–Trinajstić information content (AvgIpc) is 2.60. The predicted octanol–water partition coefficient (Wildman–Crippen LogP) is 0.987. The maximum absolute atomic E-state index is 11.0. The summed E-state index contributed by atoms with van der Waals surface area (Å²) in [5.41, 5.74) is -0.839. The number of aliphatic carboxylic acids is 1. The molecule has 5 heteroatoms. The summed E-state index contributed by atoms with van der Waals surface area (Å²) in [7, 11) is 1.82. The molecule has 0 amide bonds. The molecular weight excluding hydrogens is 206 g/mol. The van der Waals surface area contributed by atoms with Crippen LogP contribution in [0.4, 0.5) is 0 Å². The van der Waals surface area contributed by atoms with Gasteiger partial charge < -0.3 is 9.67 Å². The minimum absolute atomic E-state index is 0.677. The van der Waals surface area contributed by atoms with Crippen LogP contribution in [0.25, 0.3) is 0 Å². The minimum atomic E-state index is -0.839. The van der Waals surface area contributed by atoms with E-state index in [1.807, 2.05) is 29.6 Å². The fourth-order valence-corrected chi connectivity index (χ4v) is 1.34. The molecule has 1 heterocycles. The molecule has 0 unspecified atom stereocenters. The molecule has 0 saturated carbocycles. The van der Waals surface area contributed by atoms with Gasteiger partial charge in [-0.05, 0) is 27.8 Å². The van der Waals surface area contributed by atoms with E-state index in [0.717, 1.165) is 12.4 Å². The van der Waals surface area contributed by atoms with Crippen molar-refractivity contribution in [1.29, 1.82) is 0 Å². The van der Waals surface area contributed by atoms with Crippen LogP contribution < -0.4 is 0 Å². The second-order valence-corrected chi connectivity index (χ2v) is 4.45. The Morgan fingerprint density at radius 3 is 2.69 bits per heavy atom. The van der Waals surface area contributed by atoms with E-state index < -0.39 is 11.5 Å². The molecule has 0 aliphatic carbocycles. The smallest absolute Gasteiger partial charge is 0.323 e. The molecule has 90 valence electrons. The van der Waals surface area contributed by atoms with E-state index in [1.54, 1.807) is 20.0 Å². The van der Waals surface area contributed by atoms with Crippen molar-refractivity contribution in [2.24, 2.45) is 0 Å². The zero-order valence-electron chi connectivity index (χ0n) is 10.3. The number of aryl methyl sites for hydroxylation is 1. The first-order valence-corrected chi connectivity index (χ1v) is 5.28. The van der Waals surface area contributed by atoms with Crippen molar-refractivity contribution in [3.63, 3.8) is 0 Å². The highest BCUT2D eigenvalue weighted by Gasteiger charge is 2.31. The monoisotopic (exact) mass is 225 g/mol. The molecule has 1 aromatic rings. The van der Waals surface area contributed by atoms with Crippen LogP contribution in [-0.2, 0) is 11.3 Å². The fraction of sp³-hybridized carbons (Fsp3) is 0.636. The molecule has 0 aromatic carbocycles. The molecule has 5 nitrogen and oxygen atoms in total. The lowest BCUT2D eigenvalue weighted by molar-refractivity contribution is -0.148. The second kappa shape index (κ2) is 4.65. The zero-order valence-corrected chi connectivity index (χ0v) is 10.3. The Morgan fingerprint density at radius 1 is 1.62 bits per heavy atom. The van der Waals surface area contributed by atoms with Crippen molar-refractivity contribution in [3.05, 3.63) is 18.2 Å². The Kier molecular flexibility index (Phi) is 3.70. The summed E-state index contributed by atoms with van der Waals surface area (Å²) in [5, 5.41) is 9.06. The van der Waals surface area contributed by atoms with Crippen molar-refractivity contribution in [2.45, 2.75) is 32.9 Å². The molecule has 16 heavy (non-hydrogen) atoms. The van der Waals surface area contributed by atoms with Crippen LogP contribution in [0.15, 0.2) is 12.4 Å². The van der Waals surface area contributed by atoms with Crippen molar-refractivity contribution < 1.29 is 9.90 Å². The molecule has 1 rings (SSSR count). The first-order valence-electron chi connectivity index (χ1n) is 5.28. The van der Waals surface area contributed by atoms with E-state index >= 15 is 0 Å². The first-order chi connectivity index (χ1) is 7.35. The minimum Gasteiger partial charge on any atom is -0.480 e. The summed E-state index contributed by atoms with van der Waals surface area (Å²) >= 11 is 0. The van der Waals surface area contributed by atoms with Crippen molar-refractivity contribution >= 4 is 5.97 Å². The Labute approximate surface area is 95.7 Å². The van der Waals surface area contributed by atoms with E-state index in [2.05, 4.69) is 4.98 Å². The van der Waals surface area contributed by atoms with Crippen LogP contribution in [0.5, 0.6) is 0 Å². The summed E-state index contributed by atoms with van der Waals surface area (Å²) in [4.78, 5) is 17.0. The Morgan fingerprint density at radius 2 is 2.25 bits per heavy atom. The second-order valence-electron chi connectivity index (χ2n) is 4.45. The lowest BCUT2D eigenvalue weighted by atomic mass is 10.0. The third-order valence-electron chi connectivity index (χ3n) is 3.08. The number of carboxylic acids is 1. The van der Waals surface area contributed by atoms with Crippen molar-refractivity contribution in [3.8, 4) is 0 Å². The lowest BCUT2D eigenvalue weighted by Gasteiger charge is -2.31. The number of hydrogen-bond acceptors (Lipinski definition) is 3. The topological polar surface area (TPSA) is 58.4 Å². The van der Waals surface area contributed by atoms with Gasteiger partial charge in [-0.1, -0.05) is 0 Å². The van der Waals surface area contributed by atoms with Gasteiger partial charge >= 0.3 is 5.97 Å². The van der Waals surface area contributed by atoms with E-state index in [4.69, 9.17) is 5.11 Å². The number of imidazole rings is 1. The van der Waals surface area contributed by atoms with Crippen LogP contribution in [0.3, 0.4) is 0 Å². The van der Waals surface area contributed by atoms with E-state index in [1.165, 1.54) is 0 Å². The number of rotatable bonds is 5. The molecule has 1 N–H and O–H groups in total. The van der Waals surface area contributed by atoms with Gasteiger partial charge in [-0.25, -0.2) is 4.98 Å². The summed E-state index contributed by atoms with van der Waals surface area (Å²) < 4.78 is 2.01. The number of carboxylic acid groups (broad SMARTS) is 1. The maximum atomic E-state index is 11.0. The maximum Gasteiger partial charge on any atom is 0.323 e. The molecule has 0 aliphatic heterocycles. The third-order valence-corrected chi connectivity index (χ3v) is 3.08. The lowest BCUT2D eigenvalue weighted by Crippen LogP contribution is -2.48. The van der Waals surface area contributed by atoms with Gasteiger partial charge in [0.2, 0.25) is 0 Å². The number of likely N-dealkylation sites (N-methyl/N-ethyl adjacent to an activating group) is 1. The van der Waals surface area contributed by atoms with Crippen molar-refractivity contribution in [2.75, 3.05) is 13.6 Å². The number of hydrogen-bond donors (Lipinski definition) is 1. The highest BCUT2D eigenvalue weighted by atomic mass is 16.4. The molecule has 0 saturated heterocycles. The van der Waals surface area contributed by atoms with Gasteiger partial charge in [0.05, 0.1) is 0 Å². The van der Waals surface area contributed by atoms with Crippen LogP contribution in [-0.4, -0.2) is 44.7 Å². The molecule has 0 atom stereocenters. The summed E-state index contributed by atoms with van der Waals surface area (Å²) in [6.07, 6.45) is 3.65. The van der Waals surface area contributed by atoms with E-state index in [-0.39, 0.29) is 0 Å². The number of nitrogens with zero attached hydrogens (tertiary/aromatic N) is 3. The normalized spacial score (nSPS) is 12.1. The molecule has 0 radical (unpaired) electrons. The third kappa shape index (κ3) is 2.61. The Bertz CT molecular complexity index is 371. The van der Waals surface area contributed by atoms with Crippen molar-refractivity contribution in [1.82, 2.24) is 14.5 Å². The van der Waals surface area contributed by atoms with Crippen LogP contribution in [0.2, 0.25) is 0 Å². The van der Waals surface area contributed by atoms with Crippen LogP contribution in [0, 0.1) is 6.92 Å². The van der Waals surface area contributed by atoms with Crippen LogP contribution >= 0.6 is 0 Å². The van der Waals surface area contributed by atoms with Gasteiger partial charge in [-0.2, -0.15) is 0 Å². The predicted molar refractivity (Wildman–Crippen MR) is 61.3 cm³/mol. The zero-order chi connectivity index (χ0) is 12.3. The molecule has 0 aliphatic rings. The summed E-state index contributed by atoms with van der Waals surface area (Å²) in [6.45, 7) is 6.77. The van der Waals surface area contributed by atoms with Crippen LogP contribution in [0.1, 0.15) is 19.7 Å². The highest BCUT2D eigenvalue weighted by Crippen LogP contribution is 2.12. The molecule has 1 aromatic heterocycles. The highest BCUT2D eigenvalue weighted by molar-refractivity contribution is 5.77. The average molecular weight is 225 g/mol. The van der Waals surface area contributed by atoms with Gasteiger partial charge in [-0.15, -0.1) is 0 Å². The fourth-order valence-electron chi connectivity index (χ4n) is 1.34. The Hall–Kier alpha value is -1.36. The number of carbonyl (C=O) groups is 1. The largest absolute Gasteiger partial charge is 0.480 e. The van der Waals surface area contributed by atoms with Gasteiger partial charge in [0.15, 0.2) is 0 Å². The molecular formula is C11H19N3O2. The van der Waals surface area contributed by atoms with Gasteiger partial charge in [0.1, 0.15) is 11.4 Å². The quantitative estimate of drug-likeness (QED) is 0.811. The number of aromatic nitrogens is 2.